The van der Waals surface area contributed by atoms with Crippen molar-refractivity contribution in [3.8, 4) is 0 Å². The highest BCUT2D eigenvalue weighted by atomic mass is 35.5. The minimum Gasteiger partial charge on any atom is -0.361 e. The Morgan fingerprint density at radius 2 is 1.86 bits per heavy atom. The molecule has 0 saturated heterocycles. The highest BCUT2D eigenvalue weighted by molar-refractivity contribution is 6.31. The van der Waals surface area contributed by atoms with Gasteiger partial charge in [0.1, 0.15) is 11.3 Å². The Balaban J connectivity index is 1.87. The Morgan fingerprint density at radius 1 is 1.19 bits per heavy atom. The van der Waals surface area contributed by atoms with Crippen LogP contribution in [0.2, 0.25) is 5.02 Å². The predicted molar refractivity (Wildman–Crippen MR) is 136 cm³/mol. The lowest BCUT2D eigenvalue weighted by Gasteiger charge is -2.32. The molecule has 0 bridgehead atoms. The van der Waals surface area contributed by atoms with Crippen molar-refractivity contribution in [2.45, 2.75) is 34.2 Å². The van der Waals surface area contributed by atoms with Crippen molar-refractivity contribution >= 4 is 34.8 Å². The maximum absolute atomic E-state index is 13.5. The number of benzene rings is 2. The minimum atomic E-state index is -0.533. The normalized spacial score (nSPS) is 11.3. The molecular formula is C25H28ClN5O5. The van der Waals surface area contributed by atoms with Gasteiger partial charge in [0.15, 0.2) is 0 Å². The molecule has 0 radical (unpaired) electrons. The van der Waals surface area contributed by atoms with Gasteiger partial charge in [-0.1, -0.05) is 30.6 Å². The standard InChI is InChI=1S/C25H28ClN5O5/c1-15-22(16(2)36-29-15)24(33)30(14-25(3,4)13-27)12-18-11-19(7-10-21(18)26)28-23(32)17-5-8-20(9-6-17)31(34)35/h5-11H,12-14,27H2,1-4H3,(H,28,32). The molecule has 0 saturated carbocycles. The quantitative estimate of drug-likeness (QED) is 0.310. The number of non-ortho nitro benzene ring substituents is 1. The number of aromatic nitrogens is 1. The largest absolute Gasteiger partial charge is 0.361 e. The first-order valence-corrected chi connectivity index (χ1v) is 11.6. The van der Waals surface area contributed by atoms with Gasteiger partial charge in [-0.2, -0.15) is 0 Å². The van der Waals surface area contributed by atoms with Crippen LogP contribution in [0.4, 0.5) is 11.4 Å². The number of carbonyl (C=O) groups is 2. The summed E-state index contributed by atoms with van der Waals surface area (Å²) < 4.78 is 5.19. The lowest BCUT2D eigenvalue weighted by atomic mass is 9.92. The van der Waals surface area contributed by atoms with Crippen molar-refractivity contribution in [2.24, 2.45) is 11.1 Å². The molecule has 0 spiro atoms. The number of nitrogens with zero attached hydrogens (tertiary/aromatic N) is 3. The van der Waals surface area contributed by atoms with Gasteiger partial charge in [0.25, 0.3) is 17.5 Å². The summed E-state index contributed by atoms with van der Waals surface area (Å²) in [6.45, 7) is 8.18. The summed E-state index contributed by atoms with van der Waals surface area (Å²) in [5.74, 6) is -0.279. The maximum atomic E-state index is 13.5. The van der Waals surface area contributed by atoms with Crippen LogP contribution in [0.1, 0.15) is 51.6 Å². The fraction of sp³-hybridized carbons (Fsp3) is 0.320. The second-order valence-electron chi connectivity index (χ2n) is 9.29. The van der Waals surface area contributed by atoms with Gasteiger partial charge < -0.3 is 20.5 Å². The second kappa shape index (κ2) is 10.9. The summed E-state index contributed by atoms with van der Waals surface area (Å²) in [5.41, 5.74) is 7.67. The summed E-state index contributed by atoms with van der Waals surface area (Å²) >= 11 is 6.47. The zero-order valence-electron chi connectivity index (χ0n) is 20.5. The molecular weight excluding hydrogens is 486 g/mol. The number of nitro benzene ring substituents is 1. The fourth-order valence-corrected chi connectivity index (χ4v) is 3.82. The fourth-order valence-electron chi connectivity index (χ4n) is 3.64. The van der Waals surface area contributed by atoms with Crippen LogP contribution in [0.15, 0.2) is 47.0 Å². The number of carbonyl (C=O) groups excluding carboxylic acids is 2. The predicted octanol–water partition coefficient (Wildman–Crippen LogP) is 4.73. The van der Waals surface area contributed by atoms with Crippen molar-refractivity contribution in [1.29, 1.82) is 0 Å². The van der Waals surface area contributed by atoms with Crippen LogP contribution in [0, 0.1) is 29.4 Å². The first kappa shape index (κ1) is 26.8. The number of nitro groups is 1. The van der Waals surface area contributed by atoms with Crippen LogP contribution >= 0.6 is 11.6 Å². The Morgan fingerprint density at radius 3 is 2.42 bits per heavy atom. The number of anilines is 1. The molecule has 36 heavy (non-hydrogen) atoms. The average molecular weight is 514 g/mol. The molecule has 11 heteroatoms. The average Bonchev–Trinajstić information content (AvgIpc) is 3.17. The molecule has 3 N–H and O–H groups in total. The first-order chi connectivity index (χ1) is 16.9. The van der Waals surface area contributed by atoms with E-state index in [1.807, 2.05) is 13.8 Å². The maximum Gasteiger partial charge on any atom is 0.269 e. The van der Waals surface area contributed by atoms with E-state index in [2.05, 4.69) is 10.5 Å². The number of halogens is 1. The molecule has 0 aliphatic carbocycles. The van der Waals surface area contributed by atoms with Gasteiger partial charge >= 0.3 is 0 Å². The topological polar surface area (TPSA) is 145 Å². The molecule has 3 rings (SSSR count). The van der Waals surface area contributed by atoms with Gasteiger partial charge in [0, 0.05) is 41.5 Å². The molecule has 0 fully saturated rings. The van der Waals surface area contributed by atoms with E-state index in [9.17, 15) is 19.7 Å². The summed E-state index contributed by atoms with van der Waals surface area (Å²) in [4.78, 5) is 38.1. The van der Waals surface area contributed by atoms with E-state index in [4.69, 9.17) is 21.9 Å². The van der Waals surface area contributed by atoms with E-state index in [0.29, 0.717) is 46.4 Å². The van der Waals surface area contributed by atoms with E-state index < -0.39 is 10.8 Å². The lowest BCUT2D eigenvalue weighted by molar-refractivity contribution is -0.384. The summed E-state index contributed by atoms with van der Waals surface area (Å²) in [7, 11) is 0. The first-order valence-electron chi connectivity index (χ1n) is 11.2. The van der Waals surface area contributed by atoms with Crippen LogP contribution < -0.4 is 11.1 Å². The van der Waals surface area contributed by atoms with Crippen LogP contribution in [0.5, 0.6) is 0 Å². The number of nitrogens with one attached hydrogen (secondary N) is 1. The number of hydrogen-bond donors (Lipinski definition) is 2. The van der Waals surface area contributed by atoms with Gasteiger partial charge in [0.05, 0.1) is 10.6 Å². The second-order valence-corrected chi connectivity index (χ2v) is 9.70. The molecule has 1 aromatic heterocycles. The molecule has 0 aliphatic rings. The molecule has 2 amide bonds. The molecule has 190 valence electrons. The third-order valence-corrected chi connectivity index (χ3v) is 6.08. The van der Waals surface area contributed by atoms with Crippen LogP contribution in [-0.4, -0.2) is 39.9 Å². The van der Waals surface area contributed by atoms with Crippen molar-refractivity contribution in [3.05, 3.63) is 85.7 Å². The van der Waals surface area contributed by atoms with Gasteiger partial charge in [-0.25, -0.2) is 0 Å². The van der Waals surface area contributed by atoms with E-state index in [0.717, 1.165) is 0 Å². The van der Waals surface area contributed by atoms with E-state index >= 15 is 0 Å². The zero-order valence-corrected chi connectivity index (χ0v) is 21.3. The summed E-state index contributed by atoms with van der Waals surface area (Å²) in [6, 6.07) is 10.2. The summed E-state index contributed by atoms with van der Waals surface area (Å²) in [6.07, 6.45) is 0. The molecule has 10 nitrogen and oxygen atoms in total. The third-order valence-electron chi connectivity index (χ3n) is 5.71. The summed E-state index contributed by atoms with van der Waals surface area (Å²) in [5, 5.41) is 17.9. The van der Waals surface area contributed by atoms with Crippen LogP contribution in [0.3, 0.4) is 0 Å². The Bertz CT molecular complexity index is 1270. The molecule has 0 unspecified atom stereocenters. The molecule has 2 aromatic carbocycles. The van der Waals surface area contributed by atoms with Crippen molar-refractivity contribution < 1.29 is 19.0 Å². The van der Waals surface area contributed by atoms with Crippen LogP contribution in [0.25, 0.3) is 0 Å². The van der Waals surface area contributed by atoms with Gasteiger partial charge in [0.2, 0.25) is 0 Å². The van der Waals surface area contributed by atoms with Gasteiger partial charge in [-0.05, 0) is 61.7 Å². The van der Waals surface area contributed by atoms with Crippen LogP contribution in [-0.2, 0) is 6.54 Å². The highest BCUT2D eigenvalue weighted by Gasteiger charge is 2.29. The third kappa shape index (κ3) is 6.27. The van der Waals surface area contributed by atoms with E-state index in [1.54, 1.807) is 36.9 Å². The zero-order chi connectivity index (χ0) is 26.6. The minimum absolute atomic E-state index is 0.108. The van der Waals surface area contributed by atoms with E-state index in [-0.39, 0.29) is 29.1 Å². The Hall–Kier alpha value is -3.76. The van der Waals surface area contributed by atoms with Crippen molar-refractivity contribution in [2.75, 3.05) is 18.4 Å². The number of amides is 2. The number of hydrogen-bond acceptors (Lipinski definition) is 7. The smallest absolute Gasteiger partial charge is 0.269 e. The number of rotatable bonds is 9. The Kier molecular flexibility index (Phi) is 8.11. The van der Waals surface area contributed by atoms with Gasteiger partial charge in [-0.15, -0.1) is 0 Å². The van der Waals surface area contributed by atoms with Gasteiger partial charge in [-0.3, -0.25) is 19.7 Å². The monoisotopic (exact) mass is 513 g/mol. The number of aryl methyl sites for hydroxylation is 2. The number of nitrogens with two attached hydrogens (primary N) is 1. The van der Waals surface area contributed by atoms with Crippen molar-refractivity contribution in [3.63, 3.8) is 0 Å². The van der Waals surface area contributed by atoms with Crippen molar-refractivity contribution in [1.82, 2.24) is 10.1 Å². The molecule has 3 aromatic rings. The molecule has 0 aliphatic heterocycles. The Labute approximate surface area is 213 Å². The molecule has 1 heterocycles. The lowest BCUT2D eigenvalue weighted by Crippen LogP contribution is -2.42. The SMILES string of the molecule is Cc1noc(C)c1C(=O)N(Cc1cc(NC(=O)c2ccc([N+](=O)[O-])cc2)ccc1Cl)CC(C)(C)CN. The molecule has 0 atom stereocenters. The highest BCUT2D eigenvalue weighted by Crippen LogP contribution is 2.27. The van der Waals surface area contributed by atoms with E-state index in [1.165, 1.54) is 24.3 Å².